The molecule has 1 saturated heterocycles. The summed E-state index contributed by atoms with van der Waals surface area (Å²) in [5, 5.41) is 9.27. The lowest BCUT2D eigenvalue weighted by molar-refractivity contribution is 0.186. The normalized spacial score (nSPS) is 19.4. The number of hydrogen-bond acceptors (Lipinski definition) is 4. The predicted octanol–water partition coefficient (Wildman–Crippen LogP) is 1.11. The van der Waals surface area contributed by atoms with E-state index in [2.05, 4.69) is 4.72 Å². The van der Waals surface area contributed by atoms with Gasteiger partial charge in [-0.05, 0) is 48.9 Å². The molecule has 5 nitrogen and oxygen atoms in total. The summed E-state index contributed by atoms with van der Waals surface area (Å²) in [7, 11) is -3.54. The van der Waals surface area contributed by atoms with Crippen LogP contribution in [0.3, 0.4) is 0 Å². The molecule has 1 heterocycles. The maximum atomic E-state index is 12.4. The van der Waals surface area contributed by atoms with Gasteiger partial charge in [-0.3, -0.25) is 0 Å². The molecule has 0 amide bonds. The van der Waals surface area contributed by atoms with E-state index < -0.39 is 10.0 Å². The molecule has 6 heteroatoms. The van der Waals surface area contributed by atoms with Crippen molar-refractivity contribution in [2.24, 2.45) is 5.92 Å². The van der Waals surface area contributed by atoms with Gasteiger partial charge in [0.15, 0.2) is 0 Å². The van der Waals surface area contributed by atoms with E-state index in [9.17, 15) is 13.5 Å². The van der Waals surface area contributed by atoms with Gasteiger partial charge in [-0.1, -0.05) is 6.07 Å². The first-order valence-corrected chi connectivity index (χ1v) is 8.20. The lowest BCUT2D eigenvalue weighted by Crippen LogP contribution is -2.30. The van der Waals surface area contributed by atoms with Crippen LogP contribution in [0.5, 0.6) is 0 Å². The molecule has 20 heavy (non-hydrogen) atoms. The molecule has 1 aromatic rings. The van der Waals surface area contributed by atoms with Crippen LogP contribution in [0.15, 0.2) is 17.0 Å². The molecule has 1 aliphatic heterocycles. The fourth-order valence-electron chi connectivity index (χ4n) is 2.38. The third-order valence-electron chi connectivity index (χ3n) is 3.68. The zero-order chi connectivity index (χ0) is 14.8. The van der Waals surface area contributed by atoms with Gasteiger partial charge in [0.05, 0.1) is 18.1 Å². The highest BCUT2D eigenvalue weighted by molar-refractivity contribution is 7.89. The van der Waals surface area contributed by atoms with Crippen LogP contribution in [-0.2, 0) is 21.4 Å². The zero-order valence-electron chi connectivity index (χ0n) is 11.8. The van der Waals surface area contributed by atoms with Crippen LogP contribution >= 0.6 is 0 Å². The van der Waals surface area contributed by atoms with Crippen LogP contribution in [0.25, 0.3) is 0 Å². The van der Waals surface area contributed by atoms with Crippen LogP contribution in [0.2, 0.25) is 0 Å². The van der Waals surface area contributed by atoms with Gasteiger partial charge in [0.2, 0.25) is 10.0 Å². The number of aliphatic hydroxyl groups is 1. The second-order valence-electron chi connectivity index (χ2n) is 5.28. The van der Waals surface area contributed by atoms with Gasteiger partial charge in [0.25, 0.3) is 0 Å². The van der Waals surface area contributed by atoms with Crippen LogP contribution < -0.4 is 4.72 Å². The second kappa shape index (κ2) is 6.22. The molecule has 0 aliphatic carbocycles. The number of aryl methyl sites for hydroxylation is 2. The number of hydrogen-bond donors (Lipinski definition) is 2. The fraction of sp³-hybridized carbons (Fsp3) is 0.571. The average molecular weight is 299 g/mol. The van der Waals surface area contributed by atoms with Gasteiger partial charge in [-0.15, -0.1) is 0 Å². The lowest BCUT2D eigenvalue weighted by atomic mass is 10.1. The molecule has 0 bridgehead atoms. The van der Waals surface area contributed by atoms with E-state index in [1.54, 1.807) is 19.1 Å². The van der Waals surface area contributed by atoms with E-state index in [0.717, 1.165) is 12.0 Å². The Hall–Kier alpha value is -0.950. The molecule has 0 saturated carbocycles. The minimum absolute atomic E-state index is 0.162. The zero-order valence-corrected chi connectivity index (χ0v) is 12.7. The van der Waals surface area contributed by atoms with Gasteiger partial charge in [0, 0.05) is 13.2 Å². The molecule has 2 rings (SSSR count). The number of ether oxygens (including phenoxy) is 1. The first-order chi connectivity index (χ1) is 9.44. The third kappa shape index (κ3) is 3.38. The first-order valence-electron chi connectivity index (χ1n) is 6.72. The van der Waals surface area contributed by atoms with Crippen molar-refractivity contribution in [3.8, 4) is 0 Å². The maximum Gasteiger partial charge on any atom is 0.240 e. The minimum atomic E-state index is -3.54. The summed E-state index contributed by atoms with van der Waals surface area (Å²) in [4.78, 5) is 0.242. The summed E-state index contributed by atoms with van der Waals surface area (Å²) >= 11 is 0. The summed E-state index contributed by atoms with van der Waals surface area (Å²) in [6.07, 6.45) is 0.886. The Bertz CT molecular complexity index is 577. The Labute approximate surface area is 120 Å². The monoisotopic (exact) mass is 299 g/mol. The van der Waals surface area contributed by atoms with E-state index in [1.165, 1.54) is 0 Å². The smallest absolute Gasteiger partial charge is 0.240 e. The van der Waals surface area contributed by atoms with Crippen LogP contribution in [0.1, 0.15) is 23.1 Å². The van der Waals surface area contributed by atoms with E-state index in [-0.39, 0.29) is 17.4 Å². The Balaban J connectivity index is 2.19. The molecule has 0 radical (unpaired) electrons. The Morgan fingerprint density at radius 1 is 1.35 bits per heavy atom. The van der Waals surface area contributed by atoms with Gasteiger partial charge in [-0.2, -0.15) is 0 Å². The molecule has 2 N–H and O–H groups in total. The minimum Gasteiger partial charge on any atom is -0.392 e. The number of nitrogens with one attached hydrogen (secondary N) is 1. The van der Waals surface area contributed by atoms with Gasteiger partial charge in [0.1, 0.15) is 0 Å². The van der Waals surface area contributed by atoms with Crippen molar-refractivity contribution in [1.29, 1.82) is 0 Å². The Kier molecular flexibility index (Phi) is 4.80. The number of rotatable bonds is 5. The average Bonchev–Trinajstić information content (AvgIpc) is 2.89. The van der Waals surface area contributed by atoms with Crippen molar-refractivity contribution in [2.45, 2.75) is 31.8 Å². The van der Waals surface area contributed by atoms with Crippen LogP contribution in [0.4, 0.5) is 0 Å². The van der Waals surface area contributed by atoms with Crippen molar-refractivity contribution in [3.05, 3.63) is 28.8 Å². The molecule has 1 unspecified atom stereocenters. The molecular formula is C14H21NO4S. The van der Waals surface area contributed by atoms with Crippen molar-refractivity contribution >= 4 is 10.0 Å². The van der Waals surface area contributed by atoms with E-state index in [1.807, 2.05) is 6.92 Å². The number of benzene rings is 1. The molecule has 1 atom stereocenters. The fourth-order valence-corrected chi connectivity index (χ4v) is 3.77. The maximum absolute atomic E-state index is 12.4. The van der Waals surface area contributed by atoms with Crippen LogP contribution in [0, 0.1) is 19.8 Å². The van der Waals surface area contributed by atoms with E-state index in [0.29, 0.717) is 30.9 Å². The van der Waals surface area contributed by atoms with Crippen molar-refractivity contribution in [3.63, 3.8) is 0 Å². The third-order valence-corrected chi connectivity index (χ3v) is 5.24. The van der Waals surface area contributed by atoms with Crippen molar-refractivity contribution in [2.75, 3.05) is 19.8 Å². The predicted molar refractivity (Wildman–Crippen MR) is 76.0 cm³/mol. The van der Waals surface area contributed by atoms with Gasteiger partial charge in [-0.25, -0.2) is 13.1 Å². The highest BCUT2D eigenvalue weighted by Gasteiger charge is 2.22. The summed E-state index contributed by atoms with van der Waals surface area (Å²) in [6, 6.07) is 3.34. The van der Waals surface area contributed by atoms with Crippen molar-refractivity contribution in [1.82, 2.24) is 4.72 Å². The summed E-state index contributed by atoms with van der Waals surface area (Å²) < 4.78 is 32.6. The summed E-state index contributed by atoms with van der Waals surface area (Å²) in [5.41, 5.74) is 2.23. The molecule has 1 aliphatic rings. The topological polar surface area (TPSA) is 75.6 Å². The number of sulfonamides is 1. The van der Waals surface area contributed by atoms with Gasteiger partial charge >= 0.3 is 0 Å². The number of aliphatic hydroxyl groups excluding tert-OH is 1. The van der Waals surface area contributed by atoms with E-state index >= 15 is 0 Å². The molecule has 112 valence electrons. The second-order valence-corrected chi connectivity index (χ2v) is 7.02. The Morgan fingerprint density at radius 3 is 2.70 bits per heavy atom. The molecular weight excluding hydrogens is 278 g/mol. The van der Waals surface area contributed by atoms with Crippen LogP contribution in [-0.4, -0.2) is 33.3 Å². The van der Waals surface area contributed by atoms with Crippen molar-refractivity contribution < 1.29 is 18.3 Å². The SMILES string of the molecule is Cc1cc(C)c(S(=O)(=O)NCC2CCOC2)cc1CO. The quantitative estimate of drug-likeness (QED) is 0.854. The highest BCUT2D eigenvalue weighted by atomic mass is 32.2. The molecule has 0 spiro atoms. The molecule has 1 fully saturated rings. The molecule has 1 aromatic carbocycles. The Morgan fingerprint density at radius 2 is 2.10 bits per heavy atom. The standard InChI is InChI=1S/C14H21NO4S/c1-10-5-11(2)14(6-13(10)8-16)20(17,18)15-7-12-3-4-19-9-12/h5-6,12,15-16H,3-4,7-9H2,1-2H3. The van der Waals surface area contributed by atoms with Gasteiger partial charge < -0.3 is 9.84 Å². The highest BCUT2D eigenvalue weighted by Crippen LogP contribution is 2.21. The first kappa shape index (κ1) is 15.4. The molecule has 0 aromatic heterocycles. The summed E-state index contributed by atoms with van der Waals surface area (Å²) in [5.74, 6) is 0.243. The van der Waals surface area contributed by atoms with E-state index in [4.69, 9.17) is 4.74 Å². The largest absolute Gasteiger partial charge is 0.392 e. The lowest BCUT2D eigenvalue weighted by Gasteiger charge is -2.14. The summed E-state index contributed by atoms with van der Waals surface area (Å²) in [6.45, 7) is 5.16.